The predicted molar refractivity (Wildman–Crippen MR) is 127 cm³/mol. The van der Waals surface area contributed by atoms with Crippen LogP contribution in [0.4, 0.5) is 0 Å². The average molecular weight is 410 g/mol. The lowest BCUT2D eigenvalue weighted by Gasteiger charge is -2.33. The molecule has 0 radical (unpaired) electrons. The molecule has 3 heterocycles. The maximum absolute atomic E-state index is 5.23. The van der Waals surface area contributed by atoms with Gasteiger partial charge in [-0.2, -0.15) is 0 Å². The Morgan fingerprint density at radius 3 is 2.30 bits per heavy atom. The van der Waals surface area contributed by atoms with Gasteiger partial charge in [-0.05, 0) is 51.7 Å². The van der Waals surface area contributed by atoms with E-state index in [1.807, 2.05) is 24.0 Å². The van der Waals surface area contributed by atoms with Gasteiger partial charge in [-0.25, -0.2) is 0 Å². The van der Waals surface area contributed by atoms with Crippen molar-refractivity contribution >= 4 is 38.5 Å². The molecule has 0 unspecified atom stereocenters. The highest BCUT2D eigenvalue weighted by atomic mass is 32.2. The number of aromatic nitrogens is 1. The van der Waals surface area contributed by atoms with Crippen molar-refractivity contribution < 1.29 is 0 Å². The number of pyridine rings is 1. The molecule has 1 aromatic heterocycles. The van der Waals surface area contributed by atoms with Gasteiger partial charge in [0.25, 0.3) is 0 Å². The number of hydrogen-bond acceptors (Lipinski definition) is 4. The monoisotopic (exact) mass is 409 g/mol. The smallest absolute Gasteiger partial charge is 0.160 e. The van der Waals surface area contributed by atoms with Gasteiger partial charge in [0.1, 0.15) is 6.04 Å². The van der Waals surface area contributed by atoms with Crippen LogP contribution in [0, 0.1) is 0 Å². The minimum atomic E-state index is 0.0114. The third-order valence-electron chi connectivity index (χ3n) is 6.44. The highest BCUT2D eigenvalue weighted by molar-refractivity contribution is 8.14. The average Bonchev–Trinajstić information content (AvgIpc) is 3.37. The van der Waals surface area contributed by atoms with E-state index >= 15 is 0 Å². The summed E-state index contributed by atoms with van der Waals surface area (Å²) in [5, 5.41) is 6.41. The van der Waals surface area contributed by atoms with Crippen LogP contribution in [-0.2, 0) is 0 Å². The molecule has 3 aromatic carbocycles. The van der Waals surface area contributed by atoms with Crippen molar-refractivity contribution in [2.45, 2.75) is 31.5 Å². The SMILES string of the molecule is CC[C@@H]1CSC2=N[C@@H](c3ccccn3)[C@@H](c3c4ccccc4cc4ccccc34)N21. The fraction of sp³-hybridized carbons (Fsp3) is 0.231. The van der Waals surface area contributed by atoms with Crippen molar-refractivity contribution in [2.24, 2.45) is 4.99 Å². The molecule has 0 N–H and O–H groups in total. The van der Waals surface area contributed by atoms with Gasteiger partial charge in [0, 0.05) is 18.0 Å². The van der Waals surface area contributed by atoms with E-state index in [2.05, 4.69) is 78.6 Å². The van der Waals surface area contributed by atoms with E-state index in [1.54, 1.807) is 0 Å². The summed E-state index contributed by atoms with van der Waals surface area (Å²) in [7, 11) is 0. The lowest BCUT2D eigenvalue weighted by molar-refractivity contribution is 0.258. The maximum atomic E-state index is 5.23. The number of fused-ring (bicyclic) bond motifs is 3. The zero-order valence-corrected chi connectivity index (χ0v) is 17.7. The molecule has 30 heavy (non-hydrogen) atoms. The second-order valence-electron chi connectivity index (χ2n) is 8.07. The van der Waals surface area contributed by atoms with E-state index in [0.717, 1.165) is 17.9 Å². The molecule has 1 fully saturated rings. The van der Waals surface area contributed by atoms with Crippen molar-refractivity contribution in [3.63, 3.8) is 0 Å². The zero-order valence-electron chi connectivity index (χ0n) is 16.9. The first-order chi connectivity index (χ1) is 14.8. The normalized spacial score (nSPS) is 23.2. The van der Waals surface area contributed by atoms with Crippen molar-refractivity contribution in [1.82, 2.24) is 9.88 Å². The molecule has 0 amide bonds. The molecular weight excluding hydrogens is 386 g/mol. The molecular formula is C26H23N3S. The lowest BCUT2D eigenvalue weighted by atomic mass is 9.87. The highest BCUT2D eigenvalue weighted by Gasteiger charge is 2.46. The minimum Gasteiger partial charge on any atom is -0.338 e. The van der Waals surface area contributed by atoms with Gasteiger partial charge in [-0.1, -0.05) is 73.3 Å². The summed E-state index contributed by atoms with van der Waals surface area (Å²) in [6, 6.07) is 26.8. The fourth-order valence-electron chi connectivity index (χ4n) is 5.03. The van der Waals surface area contributed by atoms with Gasteiger partial charge < -0.3 is 4.90 Å². The quantitative estimate of drug-likeness (QED) is 0.368. The summed E-state index contributed by atoms with van der Waals surface area (Å²) in [6.45, 7) is 2.29. The number of benzene rings is 3. The van der Waals surface area contributed by atoms with Crippen LogP contribution in [0.15, 0.2) is 84.0 Å². The zero-order chi connectivity index (χ0) is 20.1. The van der Waals surface area contributed by atoms with Crippen LogP contribution in [0.1, 0.15) is 36.7 Å². The second kappa shape index (κ2) is 7.13. The largest absolute Gasteiger partial charge is 0.338 e. The Kier molecular flexibility index (Phi) is 4.27. The van der Waals surface area contributed by atoms with Gasteiger partial charge in [0.15, 0.2) is 5.17 Å². The molecule has 3 atom stereocenters. The summed E-state index contributed by atoms with van der Waals surface area (Å²) < 4.78 is 0. The first-order valence-electron chi connectivity index (χ1n) is 10.7. The summed E-state index contributed by atoms with van der Waals surface area (Å²) in [4.78, 5) is 12.6. The van der Waals surface area contributed by atoms with Crippen LogP contribution in [0.5, 0.6) is 0 Å². The van der Waals surface area contributed by atoms with Crippen LogP contribution in [0.25, 0.3) is 21.5 Å². The van der Waals surface area contributed by atoms with E-state index in [-0.39, 0.29) is 12.1 Å². The van der Waals surface area contributed by atoms with Crippen molar-refractivity contribution in [3.05, 3.63) is 90.3 Å². The molecule has 4 aromatic rings. The molecule has 0 saturated carbocycles. The van der Waals surface area contributed by atoms with E-state index in [4.69, 9.17) is 9.98 Å². The Balaban J connectivity index is 1.66. The van der Waals surface area contributed by atoms with E-state index < -0.39 is 0 Å². The van der Waals surface area contributed by atoms with Crippen molar-refractivity contribution in [2.75, 3.05) is 5.75 Å². The number of thioether (sulfide) groups is 1. The van der Waals surface area contributed by atoms with Gasteiger partial charge >= 0.3 is 0 Å². The Labute approximate surface area is 180 Å². The fourth-order valence-corrected chi connectivity index (χ4v) is 6.37. The van der Waals surface area contributed by atoms with Gasteiger partial charge in [-0.15, -0.1) is 0 Å². The first-order valence-corrected chi connectivity index (χ1v) is 11.6. The van der Waals surface area contributed by atoms with Crippen LogP contribution in [0.3, 0.4) is 0 Å². The maximum Gasteiger partial charge on any atom is 0.160 e. The molecule has 4 heteroatoms. The molecule has 2 aliphatic heterocycles. The van der Waals surface area contributed by atoms with Gasteiger partial charge in [0.05, 0.1) is 11.7 Å². The minimum absolute atomic E-state index is 0.0114. The molecule has 0 bridgehead atoms. The molecule has 0 aliphatic carbocycles. The Bertz CT molecular complexity index is 1210. The summed E-state index contributed by atoms with van der Waals surface area (Å²) in [6.07, 6.45) is 3.02. The number of aliphatic imine (C=N–C) groups is 1. The third kappa shape index (κ3) is 2.67. The van der Waals surface area contributed by atoms with E-state index in [9.17, 15) is 0 Å². The van der Waals surface area contributed by atoms with Crippen molar-refractivity contribution in [3.8, 4) is 0 Å². The molecule has 6 rings (SSSR count). The van der Waals surface area contributed by atoms with Crippen LogP contribution in [0.2, 0.25) is 0 Å². The summed E-state index contributed by atoms with van der Waals surface area (Å²) in [5.74, 6) is 1.11. The number of hydrogen-bond donors (Lipinski definition) is 0. The lowest BCUT2D eigenvalue weighted by Crippen LogP contribution is -2.35. The number of nitrogens with zero attached hydrogens (tertiary/aromatic N) is 3. The number of amidine groups is 1. The van der Waals surface area contributed by atoms with Gasteiger partial charge in [-0.3, -0.25) is 9.98 Å². The Hall–Kier alpha value is -2.85. The topological polar surface area (TPSA) is 28.5 Å². The molecule has 1 saturated heterocycles. The summed E-state index contributed by atoms with van der Waals surface area (Å²) in [5.41, 5.74) is 2.44. The third-order valence-corrected chi connectivity index (χ3v) is 7.56. The molecule has 148 valence electrons. The van der Waals surface area contributed by atoms with Gasteiger partial charge in [0.2, 0.25) is 0 Å². The first kappa shape index (κ1) is 18.0. The number of rotatable bonds is 3. The summed E-state index contributed by atoms with van der Waals surface area (Å²) >= 11 is 1.90. The molecule has 0 spiro atoms. The molecule has 3 nitrogen and oxygen atoms in total. The van der Waals surface area contributed by atoms with Crippen molar-refractivity contribution in [1.29, 1.82) is 0 Å². The Morgan fingerprint density at radius 2 is 1.63 bits per heavy atom. The second-order valence-corrected chi connectivity index (χ2v) is 9.06. The highest BCUT2D eigenvalue weighted by Crippen LogP contribution is 2.51. The van der Waals surface area contributed by atoms with E-state index in [1.165, 1.54) is 32.3 Å². The van der Waals surface area contributed by atoms with Crippen LogP contribution >= 0.6 is 11.8 Å². The predicted octanol–water partition coefficient (Wildman–Crippen LogP) is 6.37. The van der Waals surface area contributed by atoms with E-state index in [0.29, 0.717) is 6.04 Å². The van der Waals surface area contributed by atoms with Crippen LogP contribution < -0.4 is 0 Å². The van der Waals surface area contributed by atoms with Crippen LogP contribution in [-0.4, -0.2) is 26.8 Å². The Morgan fingerprint density at radius 1 is 0.933 bits per heavy atom. The standard InChI is InChI=1S/C26H23N3S/c1-2-19-16-30-26-28-24(22-13-7-8-14-27-22)25(29(19)26)23-20-11-5-3-9-17(20)15-18-10-4-6-12-21(18)23/h3-15,19,24-25H,2,16H2,1H3/t19-,24+,25-/m1/s1. The molecule has 2 aliphatic rings.